The fourth-order valence-electron chi connectivity index (χ4n) is 2.08. The van der Waals surface area contributed by atoms with Crippen molar-refractivity contribution in [2.45, 2.75) is 6.54 Å². The van der Waals surface area contributed by atoms with E-state index >= 15 is 0 Å². The highest BCUT2D eigenvalue weighted by Gasteiger charge is 2.11. The minimum Gasteiger partial charge on any atom is -0.496 e. The summed E-state index contributed by atoms with van der Waals surface area (Å²) in [6, 6.07) is 14.0. The van der Waals surface area contributed by atoms with Crippen molar-refractivity contribution in [2.75, 3.05) is 18.2 Å². The van der Waals surface area contributed by atoms with Crippen LogP contribution in [0.5, 0.6) is 5.75 Å². The van der Waals surface area contributed by atoms with Crippen molar-refractivity contribution >= 4 is 28.9 Å². The predicted molar refractivity (Wildman–Crippen MR) is 98.0 cm³/mol. The minimum absolute atomic E-state index is 0.0808. The Morgan fingerprint density at radius 2 is 2.12 bits per heavy atom. The number of nitriles is 1. The van der Waals surface area contributed by atoms with Gasteiger partial charge in [-0.05, 0) is 24.3 Å². The Kier molecular flexibility index (Phi) is 6.26. The summed E-state index contributed by atoms with van der Waals surface area (Å²) in [5.41, 5.74) is 7.30. The fourth-order valence-corrected chi connectivity index (χ4v) is 2.32. The van der Waals surface area contributed by atoms with Crippen molar-refractivity contribution in [1.29, 1.82) is 5.26 Å². The number of nitrogens with one attached hydrogen (secondary N) is 2. The summed E-state index contributed by atoms with van der Waals surface area (Å²) in [6.45, 7) is 0.408. The molecule has 128 valence electrons. The van der Waals surface area contributed by atoms with Gasteiger partial charge in [0, 0.05) is 24.0 Å². The first-order valence-electron chi connectivity index (χ1n) is 7.37. The van der Waals surface area contributed by atoms with Crippen LogP contribution in [0.1, 0.15) is 5.56 Å². The molecular formula is C18H17ClN4O2. The molecule has 0 radical (unpaired) electrons. The molecule has 0 saturated carbocycles. The maximum atomic E-state index is 12.2. The maximum absolute atomic E-state index is 12.2. The summed E-state index contributed by atoms with van der Waals surface area (Å²) in [7, 11) is 1.58. The van der Waals surface area contributed by atoms with Crippen molar-refractivity contribution in [3.63, 3.8) is 0 Å². The normalized spacial score (nSPS) is 10.7. The fraction of sp³-hybridized carbons (Fsp3) is 0.111. The van der Waals surface area contributed by atoms with Gasteiger partial charge in [0.2, 0.25) is 0 Å². The van der Waals surface area contributed by atoms with E-state index in [1.54, 1.807) is 19.2 Å². The van der Waals surface area contributed by atoms with Crippen molar-refractivity contribution in [3.05, 3.63) is 64.8 Å². The number of nitrogens with zero attached hydrogens (tertiary/aromatic N) is 1. The van der Waals surface area contributed by atoms with Gasteiger partial charge in [0.15, 0.2) is 0 Å². The molecule has 2 rings (SSSR count). The number of nitrogen functional groups attached to an aromatic ring is 1. The summed E-state index contributed by atoms with van der Waals surface area (Å²) in [6.07, 6.45) is 1.35. The molecule has 0 heterocycles. The summed E-state index contributed by atoms with van der Waals surface area (Å²) >= 11 is 6.01. The SMILES string of the molecule is COc1ccccc1CN/C=C(/C#N)C(=O)Nc1ccc(N)cc1Cl. The van der Waals surface area contributed by atoms with Crippen molar-refractivity contribution in [2.24, 2.45) is 0 Å². The summed E-state index contributed by atoms with van der Waals surface area (Å²) in [4.78, 5) is 12.2. The number of methoxy groups -OCH3 is 1. The number of amides is 1. The molecule has 0 unspecified atom stereocenters. The number of halogens is 1. The van der Waals surface area contributed by atoms with Gasteiger partial charge in [-0.1, -0.05) is 29.8 Å². The zero-order valence-corrected chi connectivity index (χ0v) is 14.3. The van der Waals surface area contributed by atoms with Crippen molar-refractivity contribution in [1.82, 2.24) is 5.32 Å². The van der Waals surface area contributed by atoms with Gasteiger partial charge in [-0.25, -0.2) is 0 Å². The van der Waals surface area contributed by atoms with E-state index in [2.05, 4.69) is 10.6 Å². The van der Waals surface area contributed by atoms with Crippen LogP contribution in [-0.2, 0) is 11.3 Å². The number of para-hydroxylation sites is 1. The molecule has 0 fully saturated rings. The van der Waals surface area contributed by atoms with Crippen LogP contribution in [0, 0.1) is 11.3 Å². The number of carbonyl (C=O) groups is 1. The summed E-state index contributed by atoms with van der Waals surface area (Å²) < 4.78 is 5.25. The molecule has 7 heteroatoms. The third-order valence-electron chi connectivity index (χ3n) is 3.34. The number of hydrogen-bond donors (Lipinski definition) is 3. The molecule has 0 atom stereocenters. The Morgan fingerprint density at radius 1 is 1.36 bits per heavy atom. The van der Waals surface area contributed by atoms with Gasteiger partial charge in [-0.2, -0.15) is 5.26 Å². The molecule has 2 aromatic carbocycles. The Balaban J connectivity index is 2.04. The molecule has 4 N–H and O–H groups in total. The highest BCUT2D eigenvalue weighted by molar-refractivity contribution is 6.34. The smallest absolute Gasteiger partial charge is 0.267 e. The van der Waals surface area contributed by atoms with E-state index < -0.39 is 5.91 Å². The van der Waals surface area contributed by atoms with Crippen molar-refractivity contribution < 1.29 is 9.53 Å². The second kappa shape index (κ2) is 8.62. The number of benzene rings is 2. The van der Waals surface area contributed by atoms with Crippen LogP contribution in [0.3, 0.4) is 0 Å². The zero-order chi connectivity index (χ0) is 18.2. The number of hydrogen-bond acceptors (Lipinski definition) is 5. The minimum atomic E-state index is -0.568. The highest BCUT2D eigenvalue weighted by atomic mass is 35.5. The van der Waals surface area contributed by atoms with E-state index in [9.17, 15) is 10.1 Å². The lowest BCUT2D eigenvalue weighted by molar-refractivity contribution is -0.112. The van der Waals surface area contributed by atoms with E-state index in [1.165, 1.54) is 12.3 Å². The van der Waals surface area contributed by atoms with Gasteiger partial charge >= 0.3 is 0 Å². The van der Waals surface area contributed by atoms with E-state index in [-0.39, 0.29) is 5.57 Å². The van der Waals surface area contributed by atoms with Crippen LogP contribution in [0.4, 0.5) is 11.4 Å². The standard InChI is InChI=1S/C18H17ClN4O2/c1-25-17-5-3-2-4-12(17)10-22-11-13(9-20)18(24)23-16-7-6-14(21)8-15(16)19/h2-8,11,22H,10,21H2,1H3,(H,23,24)/b13-11-. The molecule has 0 aliphatic heterocycles. The number of nitrogens with two attached hydrogens (primary N) is 1. The number of ether oxygens (including phenoxy) is 1. The Hall–Kier alpha value is -3.17. The molecule has 1 amide bonds. The molecule has 0 aliphatic rings. The molecular weight excluding hydrogens is 340 g/mol. The van der Waals surface area contributed by atoms with Crippen LogP contribution in [0.2, 0.25) is 5.02 Å². The molecule has 6 nitrogen and oxygen atoms in total. The van der Waals surface area contributed by atoms with Crippen LogP contribution < -0.4 is 21.1 Å². The zero-order valence-electron chi connectivity index (χ0n) is 13.5. The monoisotopic (exact) mass is 356 g/mol. The average molecular weight is 357 g/mol. The quantitative estimate of drug-likeness (QED) is 0.419. The molecule has 0 saturated heterocycles. The number of rotatable bonds is 6. The lowest BCUT2D eigenvalue weighted by Crippen LogP contribution is -2.17. The van der Waals surface area contributed by atoms with Gasteiger partial charge < -0.3 is 21.1 Å². The molecule has 2 aromatic rings. The topological polar surface area (TPSA) is 100 Å². The van der Waals surface area contributed by atoms with Crippen LogP contribution in [-0.4, -0.2) is 13.0 Å². The van der Waals surface area contributed by atoms with Crippen LogP contribution >= 0.6 is 11.6 Å². The third kappa shape index (κ3) is 4.90. The van der Waals surface area contributed by atoms with Crippen molar-refractivity contribution in [3.8, 4) is 11.8 Å². The first kappa shape index (κ1) is 18.2. The Labute approximate surface area is 150 Å². The molecule has 0 aliphatic carbocycles. The lowest BCUT2D eigenvalue weighted by Gasteiger charge is -2.09. The molecule has 0 bridgehead atoms. The van der Waals surface area contributed by atoms with Crippen LogP contribution in [0.25, 0.3) is 0 Å². The van der Waals surface area contributed by atoms with Crippen LogP contribution in [0.15, 0.2) is 54.2 Å². The maximum Gasteiger partial charge on any atom is 0.267 e. The lowest BCUT2D eigenvalue weighted by atomic mass is 10.2. The molecule has 25 heavy (non-hydrogen) atoms. The predicted octanol–water partition coefficient (Wildman–Crippen LogP) is 3.07. The third-order valence-corrected chi connectivity index (χ3v) is 3.65. The number of anilines is 2. The summed E-state index contributed by atoms with van der Waals surface area (Å²) in [5, 5.41) is 15.0. The first-order chi connectivity index (χ1) is 12.0. The van der Waals surface area contributed by atoms with E-state index in [0.29, 0.717) is 22.9 Å². The Morgan fingerprint density at radius 3 is 2.80 bits per heavy atom. The first-order valence-corrected chi connectivity index (χ1v) is 7.75. The second-order valence-corrected chi connectivity index (χ2v) is 5.46. The Bertz CT molecular complexity index is 843. The van der Waals surface area contributed by atoms with Gasteiger partial charge in [0.05, 0.1) is 17.8 Å². The second-order valence-electron chi connectivity index (χ2n) is 5.06. The van der Waals surface area contributed by atoms with Gasteiger partial charge in [-0.3, -0.25) is 4.79 Å². The van der Waals surface area contributed by atoms with E-state index in [1.807, 2.05) is 30.3 Å². The van der Waals surface area contributed by atoms with Gasteiger partial charge in [-0.15, -0.1) is 0 Å². The highest BCUT2D eigenvalue weighted by Crippen LogP contribution is 2.24. The van der Waals surface area contributed by atoms with E-state index in [4.69, 9.17) is 22.1 Å². The molecule has 0 aromatic heterocycles. The largest absolute Gasteiger partial charge is 0.496 e. The molecule has 0 spiro atoms. The average Bonchev–Trinajstić information content (AvgIpc) is 2.61. The van der Waals surface area contributed by atoms with E-state index in [0.717, 1.165) is 11.3 Å². The summed E-state index contributed by atoms with van der Waals surface area (Å²) in [5.74, 6) is 0.154. The number of carbonyl (C=O) groups excluding carboxylic acids is 1. The van der Waals surface area contributed by atoms with Gasteiger partial charge in [0.25, 0.3) is 5.91 Å². The van der Waals surface area contributed by atoms with Gasteiger partial charge in [0.1, 0.15) is 17.4 Å².